The summed E-state index contributed by atoms with van der Waals surface area (Å²) in [6.45, 7) is 7.48. The highest BCUT2D eigenvalue weighted by atomic mass is 35.5. The monoisotopic (exact) mass is 262 g/mol. The van der Waals surface area contributed by atoms with Gasteiger partial charge in [0.25, 0.3) is 0 Å². The lowest BCUT2D eigenvalue weighted by molar-refractivity contribution is 0.856. The van der Waals surface area contributed by atoms with Crippen molar-refractivity contribution < 1.29 is 0 Å². The summed E-state index contributed by atoms with van der Waals surface area (Å²) in [6.07, 6.45) is 1.10. The zero-order valence-corrected chi connectivity index (χ0v) is 11.9. The third-order valence-electron chi connectivity index (χ3n) is 2.97. The number of nitrogens with zero attached hydrogens (tertiary/aromatic N) is 1. The molecule has 96 valence electrons. The van der Waals surface area contributed by atoms with Gasteiger partial charge in [0.2, 0.25) is 0 Å². The molecule has 0 aliphatic heterocycles. The molecule has 2 nitrogen and oxygen atoms in total. The van der Waals surface area contributed by atoms with Crippen LogP contribution in [-0.2, 0) is 0 Å². The Balaban J connectivity index is 2.53. The standard InChI is InChI=1S/C15H19ClN2/c1-4-7-17-15-13(10(2)3)9-11-8-12(16)5-6-14(11)18-15/h5-6,8-10H,4,7H2,1-3H3,(H,17,18). The normalized spacial score (nSPS) is 11.2. The van der Waals surface area contributed by atoms with Crippen molar-refractivity contribution in [1.82, 2.24) is 4.98 Å². The van der Waals surface area contributed by atoms with Gasteiger partial charge < -0.3 is 5.32 Å². The van der Waals surface area contributed by atoms with E-state index in [4.69, 9.17) is 16.6 Å². The quantitative estimate of drug-likeness (QED) is 0.853. The van der Waals surface area contributed by atoms with Crippen molar-refractivity contribution in [3.05, 3.63) is 34.9 Å². The Kier molecular flexibility index (Phi) is 4.07. The van der Waals surface area contributed by atoms with E-state index < -0.39 is 0 Å². The first kappa shape index (κ1) is 13.2. The summed E-state index contributed by atoms with van der Waals surface area (Å²) in [5.74, 6) is 1.45. The highest BCUT2D eigenvalue weighted by Gasteiger charge is 2.10. The van der Waals surface area contributed by atoms with Crippen LogP contribution in [-0.4, -0.2) is 11.5 Å². The summed E-state index contributed by atoms with van der Waals surface area (Å²) in [5.41, 5.74) is 2.24. The maximum atomic E-state index is 6.03. The Morgan fingerprint density at radius 2 is 2.06 bits per heavy atom. The van der Waals surface area contributed by atoms with E-state index in [1.807, 2.05) is 18.2 Å². The number of halogens is 1. The van der Waals surface area contributed by atoms with E-state index >= 15 is 0 Å². The van der Waals surface area contributed by atoms with Crippen LogP contribution in [0.1, 0.15) is 38.7 Å². The van der Waals surface area contributed by atoms with Gasteiger partial charge in [-0.25, -0.2) is 4.98 Å². The second-order valence-corrected chi connectivity index (χ2v) is 5.28. The molecule has 3 heteroatoms. The van der Waals surface area contributed by atoms with Crippen LogP contribution in [0.4, 0.5) is 5.82 Å². The first-order valence-corrected chi connectivity index (χ1v) is 6.83. The van der Waals surface area contributed by atoms with E-state index in [9.17, 15) is 0 Å². The lowest BCUT2D eigenvalue weighted by Gasteiger charge is -2.14. The molecule has 0 aliphatic rings. The molecule has 2 rings (SSSR count). The molecule has 18 heavy (non-hydrogen) atoms. The molecule has 0 unspecified atom stereocenters. The van der Waals surface area contributed by atoms with E-state index in [0.29, 0.717) is 5.92 Å². The van der Waals surface area contributed by atoms with Gasteiger partial charge in [-0.1, -0.05) is 32.4 Å². The second kappa shape index (κ2) is 5.57. The molecular weight excluding hydrogens is 244 g/mol. The largest absolute Gasteiger partial charge is 0.370 e. The minimum absolute atomic E-state index is 0.445. The highest BCUT2D eigenvalue weighted by Crippen LogP contribution is 2.28. The average molecular weight is 263 g/mol. The molecule has 0 amide bonds. The van der Waals surface area contributed by atoms with Crippen LogP contribution in [0.25, 0.3) is 10.9 Å². The molecule has 0 spiro atoms. The summed E-state index contributed by atoms with van der Waals surface area (Å²) < 4.78 is 0. The number of nitrogens with one attached hydrogen (secondary N) is 1. The molecule has 0 bridgehead atoms. The molecule has 1 heterocycles. The third kappa shape index (κ3) is 2.75. The lowest BCUT2D eigenvalue weighted by atomic mass is 10.0. The third-order valence-corrected chi connectivity index (χ3v) is 3.21. The SMILES string of the molecule is CCCNc1nc2ccc(Cl)cc2cc1C(C)C. The Hall–Kier alpha value is -1.28. The van der Waals surface area contributed by atoms with Gasteiger partial charge in [0.05, 0.1) is 5.52 Å². The second-order valence-electron chi connectivity index (χ2n) is 4.84. The first-order valence-electron chi connectivity index (χ1n) is 6.46. The Bertz CT molecular complexity index is 549. The molecule has 1 aromatic heterocycles. The Labute approximate surface area is 113 Å². The summed E-state index contributed by atoms with van der Waals surface area (Å²) in [7, 11) is 0. The number of pyridine rings is 1. The van der Waals surface area contributed by atoms with E-state index in [2.05, 4.69) is 32.2 Å². The summed E-state index contributed by atoms with van der Waals surface area (Å²) in [5, 5.41) is 5.27. The van der Waals surface area contributed by atoms with Crippen molar-refractivity contribution >= 4 is 28.3 Å². The van der Waals surface area contributed by atoms with Crippen molar-refractivity contribution in [2.75, 3.05) is 11.9 Å². The van der Waals surface area contributed by atoms with Gasteiger partial charge in [0, 0.05) is 17.0 Å². The average Bonchev–Trinajstić information content (AvgIpc) is 2.35. The maximum absolute atomic E-state index is 6.03. The summed E-state index contributed by atoms with van der Waals surface area (Å²) in [4.78, 5) is 4.71. The number of fused-ring (bicyclic) bond motifs is 1. The van der Waals surface area contributed by atoms with Gasteiger partial charge in [0.15, 0.2) is 0 Å². The maximum Gasteiger partial charge on any atom is 0.130 e. The molecule has 1 aromatic carbocycles. The van der Waals surface area contributed by atoms with Crippen LogP contribution in [0.5, 0.6) is 0 Å². The fourth-order valence-corrected chi connectivity index (χ4v) is 2.17. The minimum atomic E-state index is 0.445. The fourth-order valence-electron chi connectivity index (χ4n) is 1.99. The van der Waals surface area contributed by atoms with E-state index in [-0.39, 0.29) is 0 Å². The van der Waals surface area contributed by atoms with Crippen LogP contribution < -0.4 is 5.32 Å². The van der Waals surface area contributed by atoms with Crippen molar-refractivity contribution in [2.45, 2.75) is 33.1 Å². The molecule has 0 aliphatic carbocycles. The zero-order valence-electron chi connectivity index (χ0n) is 11.1. The molecule has 2 aromatic rings. The predicted molar refractivity (Wildman–Crippen MR) is 79.6 cm³/mol. The van der Waals surface area contributed by atoms with Gasteiger partial charge in [-0.3, -0.25) is 0 Å². The molecule has 0 radical (unpaired) electrons. The number of benzene rings is 1. The summed E-state index contributed by atoms with van der Waals surface area (Å²) >= 11 is 6.03. The molecule has 0 saturated heterocycles. The zero-order chi connectivity index (χ0) is 13.1. The van der Waals surface area contributed by atoms with Crippen LogP contribution in [0, 0.1) is 0 Å². The summed E-state index contributed by atoms with van der Waals surface area (Å²) in [6, 6.07) is 8.02. The van der Waals surface area contributed by atoms with Crippen molar-refractivity contribution in [3.8, 4) is 0 Å². The Morgan fingerprint density at radius 1 is 1.28 bits per heavy atom. The predicted octanol–water partition coefficient (Wildman–Crippen LogP) is 4.83. The number of hydrogen-bond donors (Lipinski definition) is 1. The van der Waals surface area contributed by atoms with Gasteiger partial charge in [-0.2, -0.15) is 0 Å². The number of hydrogen-bond acceptors (Lipinski definition) is 2. The van der Waals surface area contributed by atoms with Crippen LogP contribution in [0.2, 0.25) is 5.02 Å². The number of rotatable bonds is 4. The smallest absolute Gasteiger partial charge is 0.130 e. The number of aromatic nitrogens is 1. The van der Waals surface area contributed by atoms with Gasteiger partial charge in [0.1, 0.15) is 5.82 Å². The molecule has 0 atom stereocenters. The Morgan fingerprint density at radius 3 is 2.72 bits per heavy atom. The highest BCUT2D eigenvalue weighted by molar-refractivity contribution is 6.31. The molecular formula is C15H19ClN2. The van der Waals surface area contributed by atoms with Crippen molar-refractivity contribution in [3.63, 3.8) is 0 Å². The first-order chi connectivity index (χ1) is 8.61. The van der Waals surface area contributed by atoms with Crippen LogP contribution in [0.15, 0.2) is 24.3 Å². The minimum Gasteiger partial charge on any atom is -0.370 e. The topological polar surface area (TPSA) is 24.9 Å². The van der Waals surface area contributed by atoms with Crippen LogP contribution in [0.3, 0.4) is 0 Å². The van der Waals surface area contributed by atoms with Crippen molar-refractivity contribution in [2.24, 2.45) is 0 Å². The molecule has 0 fully saturated rings. The van der Waals surface area contributed by atoms with Gasteiger partial charge in [-0.05, 0) is 42.2 Å². The van der Waals surface area contributed by atoms with E-state index in [1.165, 1.54) is 5.56 Å². The van der Waals surface area contributed by atoms with Crippen molar-refractivity contribution in [1.29, 1.82) is 0 Å². The molecule has 1 N–H and O–H groups in total. The lowest BCUT2D eigenvalue weighted by Crippen LogP contribution is -2.06. The van der Waals surface area contributed by atoms with Gasteiger partial charge >= 0.3 is 0 Å². The fraction of sp³-hybridized carbons (Fsp3) is 0.400. The van der Waals surface area contributed by atoms with Crippen LogP contribution >= 0.6 is 11.6 Å². The van der Waals surface area contributed by atoms with Gasteiger partial charge in [-0.15, -0.1) is 0 Å². The molecule has 0 saturated carbocycles. The van der Waals surface area contributed by atoms with E-state index in [0.717, 1.165) is 34.7 Å². The van der Waals surface area contributed by atoms with E-state index in [1.54, 1.807) is 0 Å². The number of anilines is 1.